The van der Waals surface area contributed by atoms with E-state index in [1.54, 1.807) is 14.0 Å². The largest absolute Gasteiger partial charge is 0.489 e. The Morgan fingerprint density at radius 2 is 1.89 bits per heavy atom. The molecule has 5 nitrogen and oxygen atoms in total. The van der Waals surface area contributed by atoms with Crippen molar-refractivity contribution in [2.45, 2.75) is 32.0 Å². The van der Waals surface area contributed by atoms with Gasteiger partial charge >= 0.3 is 0 Å². The van der Waals surface area contributed by atoms with Gasteiger partial charge in [-0.2, -0.15) is 0 Å². The van der Waals surface area contributed by atoms with Crippen molar-refractivity contribution in [2.75, 3.05) is 20.3 Å². The van der Waals surface area contributed by atoms with Gasteiger partial charge < -0.3 is 19.4 Å². The van der Waals surface area contributed by atoms with Crippen molar-refractivity contribution in [3.8, 4) is 5.75 Å². The van der Waals surface area contributed by atoms with Gasteiger partial charge in [0.15, 0.2) is 0 Å². The fourth-order valence-corrected chi connectivity index (χ4v) is 3.29. The molecule has 6 heteroatoms. The Balaban J connectivity index is 1.75. The minimum absolute atomic E-state index is 0.307. The van der Waals surface area contributed by atoms with Crippen molar-refractivity contribution in [1.29, 1.82) is 0 Å². The predicted molar refractivity (Wildman–Crippen MR) is 99.9 cm³/mol. The quantitative estimate of drug-likeness (QED) is 0.467. The fourth-order valence-electron chi connectivity index (χ4n) is 3.29. The second kappa shape index (κ2) is 8.50. The number of methoxy groups -OCH3 is 1. The van der Waals surface area contributed by atoms with Crippen LogP contribution in [-0.2, 0) is 21.7 Å². The van der Waals surface area contributed by atoms with Crippen LogP contribution in [0, 0.1) is 5.82 Å². The molecule has 144 valence electrons. The van der Waals surface area contributed by atoms with Crippen LogP contribution in [0.1, 0.15) is 36.5 Å². The van der Waals surface area contributed by atoms with Crippen LogP contribution in [0.3, 0.4) is 0 Å². The molecule has 0 spiro atoms. The summed E-state index contributed by atoms with van der Waals surface area (Å²) in [5.74, 6) is 0.112. The first-order valence-corrected chi connectivity index (χ1v) is 8.91. The summed E-state index contributed by atoms with van der Waals surface area (Å²) < 4.78 is 31.2. The number of hydrogen-bond acceptors (Lipinski definition) is 5. The molecule has 2 aromatic rings. The first-order chi connectivity index (χ1) is 13.1. The zero-order valence-electron chi connectivity index (χ0n) is 15.6. The molecule has 0 bridgehead atoms. The molecule has 0 radical (unpaired) electrons. The minimum atomic E-state index is -0.540. The van der Waals surface area contributed by atoms with Crippen molar-refractivity contribution >= 4 is 5.71 Å². The molecule has 1 N–H and O–H groups in total. The zero-order valence-corrected chi connectivity index (χ0v) is 15.6. The normalized spacial score (nSPS) is 16.9. The molecule has 1 saturated heterocycles. The summed E-state index contributed by atoms with van der Waals surface area (Å²) in [5, 5.41) is 12.0. The van der Waals surface area contributed by atoms with E-state index in [1.807, 2.05) is 30.3 Å². The lowest BCUT2D eigenvalue weighted by molar-refractivity contribution is -0.0950. The van der Waals surface area contributed by atoms with E-state index in [0.717, 1.165) is 16.7 Å². The van der Waals surface area contributed by atoms with Gasteiger partial charge in [0.25, 0.3) is 0 Å². The van der Waals surface area contributed by atoms with E-state index in [9.17, 15) is 4.39 Å². The van der Waals surface area contributed by atoms with Crippen LogP contribution in [0.25, 0.3) is 0 Å². The molecule has 0 saturated carbocycles. The molecule has 2 aromatic carbocycles. The van der Waals surface area contributed by atoms with Gasteiger partial charge in [-0.1, -0.05) is 29.4 Å². The Morgan fingerprint density at radius 3 is 2.52 bits per heavy atom. The number of ether oxygens (including phenoxy) is 3. The Morgan fingerprint density at radius 1 is 1.19 bits per heavy atom. The van der Waals surface area contributed by atoms with Gasteiger partial charge in [0, 0.05) is 39.2 Å². The molecule has 0 atom stereocenters. The first-order valence-electron chi connectivity index (χ1n) is 8.91. The monoisotopic (exact) mass is 373 g/mol. The third kappa shape index (κ3) is 4.46. The highest BCUT2D eigenvalue weighted by Crippen LogP contribution is 2.37. The summed E-state index contributed by atoms with van der Waals surface area (Å²) in [7, 11) is 1.65. The van der Waals surface area contributed by atoms with Crippen LogP contribution < -0.4 is 4.74 Å². The minimum Gasteiger partial charge on any atom is -0.489 e. The molecule has 0 aromatic heterocycles. The number of benzene rings is 2. The lowest BCUT2D eigenvalue weighted by Gasteiger charge is -2.36. The number of nitrogens with zero attached hydrogens (tertiary/aromatic N) is 1. The third-order valence-corrected chi connectivity index (χ3v) is 5.02. The van der Waals surface area contributed by atoms with E-state index in [4.69, 9.17) is 19.4 Å². The number of halogens is 1. The highest BCUT2D eigenvalue weighted by Gasteiger charge is 2.35. The van der Waals surface area contributed by atoms with Crippen LogP contribution >= 0.6 is 0 Å². The molecule has 1 aliphatic rings. The maximum atomic E-state index is 14.2. The highest BCUT2D eigenvalue weighted by atomic mass is 19.1. The molecule has 0 amide bonds. The molecule has 1 heterocycles. The van der Waals surface area contributed by atoms with Crippen molar-refractivity contribution < 1.29 is 23.8 Å². The number of hydrogen-bond donors (Lipinski definition) is 1. The van der Waals surface area contributed by atoms with Gasteiger partial charge in [-0.15, -0.1) is 0 Å². The lowest BCUT2D eigenvalue weighted by Crippen LogP contribution is -2.35. The van der Waals surface area contributed by atoms with Crippen LogP contribution in [0.4, 0.5) is 4.39 Å². The fraction of sp³-hybridized carbons (Fsp3) is 0.381. The average Bonchev–Trinajstić information content (AvgIpc) is 2.72. The molecule has 1 aliphatic heterocycles. The van der Waals surface area contributed by atoms with E-state index < -0.39 is 5.60 Å². The van der Waals surface area contributed by atoms with Gasteiger partial charge in [-0.25, -0.2) is 4.39 Å². The van der Waals surface area contributed by atoms with Crippen LogP contribution in [0.15, 0.2) is 47.6 Å². The standard InChI is InChI=1S/C21H24FNO4/c1-15(23-24)17-5-3-16(4-6-17)14-27-20-12-18(11-19(22)13-20)21(25-2)7-9-26-10-8-21/h3-6,11-13,24H,7-10,14H2,1-2H3. The average molecular weight is 373 g/mol. The summed E-state index contributed by atoms with van der Waals surface area (Å²) in [6, 6.07) is 12.2. The SMILES string of the molecule is COC1(c2cc(F)cc(OCc3ccc(C(C)=NO)cc3)c2)CCOCC1. The summed E-state index contributed by atoms with van der Waals surface area (Å²) in [4.78, 5) is 0. The van der Waals surface area contributed by atoms with Crippen molar-refractivity contribution in [3.05, 3.63) is 65.0 Å². The van der Waals surface area contributed by atoms with E-state index in [-0.39, 0.29) is 5.82 Å². The van der Waals surface area contributed by atoms with Crippen molar-refractivity contribution in [3.63, 3.8) is 0 Å². The molecule has 0 unspecified atom stereocenters. The zero-order chi connectivity index (χ0) is 19.3. The summed E-state index contributed by atoms with van der Waals surface area (Å²) in [6.07, 6.45) is 1.36. The van der Waals surface area contributed by atoms with Crippen LogP contribution in [0.5, 0.6) is 5.75 Å². The van der Waals surface area contributed by atoms with Crippen molar-refractivity contribution in [1.82, 2.24) is 0 Å². The summed E-state index contributed by atoms with van der Waals surface area (Å²) in [6.45, 7) is 3.20. The highest BCUT2D eigenvalue weighted by molar-refractivity contribution is 5.98. The van der Waals surface area contributed by atoms with Crippen molar-refractivity contribution in [2.24, 2.45) is 5.16 Å². The molecular weight excluding hydrogens is 349 g/mol. The van der Waals surface area contributed by atoms with E-state index in [0.29, 0.717) is 44.1 Å². The maximum absolute atomic E-state index is 14.2. The predicted octanol–water partition coefficient (Wildman–Crippen LogP) is 4.26. The maximum Gasteiger partial charge on any atom is 0.127 e. The first kappa shape index (κ1) is 19.3. The summed E-state index contributed by atoms with van der Waals surface area (Å²) >= 11 is 0. The Kier molecular flexibility index (Phi) is 6.08. The number of oxime groups is 1. The molecule has 3 rings (SSSR count). The summed E-state index contributed by atoms with van der Waals surface area (Å²) in [5.41, 5.74) is 2.53. The van der Waals surface area contributed by atoms with E-state index in [2.05, 4.69) is 5.16 Å². The molecular formula is C21H24FNO4. The Hall–Kier alpha value is -2.44. The van der Waals surface area contributed by atoms with Gasteiger partial charge in [-0.3, -0.25) is 0 Å². The van der Waals surface area contributed by atoms with Gasteiger partial charge in [0.1, 0.15) is 18.2 Å². The van der Waals surface area contributed by atoms with Crippen LogP contribution in [0.2, 0.25) is 0 Å². The third-order valence-electron chi connectivity index (χ3n) is 5.02. The van der Waals surface area contributed by atoms with Gasteiger partial charge in [0.2, 0.25) is 0 Å². The van der Waals surface area contributed by atoms with E-state index >= 15 is 0 Å². The Labute approximate surface area is 158 Å². The lowest BCUT2D eigenvalue weighted by atomic mass is 9.86. The molecule has 27 heavy (non-hydrogen) atoms. The molecule has 1 fully saturated rings. The van der Waals surface area contributed by atoms with E-state index in [1.165, 1.54) is 12.1 Å². The van der Waals surface area contributed by atoms with Gasteiger partial charge in [0.05, 0.1) is 11.3 Å². The van der Waals surface area contributed by atoms with Gasteiger partial charge in [-0.05, 0) is 35.7 Å². The topological polar surface area (TPSA) is 60.3 Å². The Bertz CT molecular complexity index is 798. The number of rotatable bonds is 6. The second-order valence-corrected chi connectivity index (χ2v) is 6.66. The van der Waals surface area contributed by atoms with Crippen LogP contribution in [-0.4, -0.2) is 31.2 Å². The second-order valence-electron chi connectivity index (χ2n) is 6.66. The molecule has 0 aliphatic carbocycles. The smallest absolute Gasteiger partial charge is 0.127 e.